The Hall–Kier alpha value is -2.29. The quantitative estimate of drug-likeness (QED) is 0.240. The van der Waals surface area contributed by atoms with E-state index in [2.05, 4.69) is 10.3 Å². The number of allylic oxidation sites excluding steroid dienone is 1. The van der Waals surface area contributed by atoms with Crippen LogP contribution in [0.4, 0.5) is 0 Å². The van der Waals surface area contributed by atoms with Crippen molar-refractivity contribution in [3.8, 4) is 0 Å². The van der Waals surface area contributed by atoms with E-state index in [0.29, 0.717) is 5.70 Å². The van der Waals surface area contributed by atoms with Crippen molar-refractivity contribution in [2.45, 2.75) is 84.0 Å². The zero-order chi connectivity index (χ0) is 27.3. The maximum atomic E-state index is 13.7. The summed E-state index contributed by atoms with van der Waals surface area (Å²) >= 11 is 12.4. The van der Waals surface area contributed by atoms with Crippen LogP contribution in [0.5, 0.6) is 0 Å². The number of carbonyl (C=O) groups excluding carboxylic acids is 3. The van der Waals surface area contributed by atoms with Crippen molar-refractivity contribution in [1.29, 1.82) is 5.41 Å². The third kappa shape index (κ3) is 7.62. The number of Topliss-reactive ketones (excluding diaryl/α,β-unsaturated/α-hetero) is 2. The predicted octanol–water partition coefficient (Wildman–Crippen LogP) is 5.02. The normalized spacial score (nSPS) is 23.7. The molecule has 0 unspecified atom stereocenters. The van der Waals surface area contributed by atoms with E-state index in [4.69, 9.17) is 33.3 Å². The average Bonchev–Trinajstić information content (AvgIpc) is 3.17. The predicted molar refractivity (Wildman–Crippen MR) is 144 cm³/mol. The molecule has 2 heterocycles. The monoisotopic (exact) mass is 550 g/mol. The Morgan fingerprint density at radius 2 is 1.76 bits per heavy atom. The number of nitrogens with zero attached hydrogens (tertiary/aromatic N) is 2. The van der Waals surface area contributed by atoms with Crippen molar-refractivity contribution in [1.82, 2.24) is 15.2 Å². The number of rotatable bonds is 10. The highest BCUT2D eigenvalue weighted by Gasteiger charge is 2.35. The van der Waals surface area contributed by atoms with Gasteiger partial charge in [0.1, 0.15) is 5.78 Å². The van der Waals surface area contributed by atoms with Gasteiger partial charge in [0, 0.05) is 42.8 Å². The maximum absolute atomic E-state index is 13.7. The van der Waals surface area contributed by atoms with Crippen LogP contribution in [0.3, 0.4) is 0 Å². The van der Waals surface area contributed by atoms with E-state index in [-0.39, 0.29) is 63.7 Å². The first-order chi connectivity index (χ1) is 17.4. The van der Waals surface area contributed by atoms with E-state index in [1.807, 2.05) is 13.8 Å². The number of pyridine rings is 1. The van der Waals surface area contributed by atoms with E-state index in [1.165, 1.54) is 17.3 Å². The molecule has 8 nitrogen and oxygen atoms in total. The van der Waals surface area contributed by atoms with Crippen LogP contribution in [0, 0.1) is 11.3 Å². The van der Waals surface area contributed by atoms with Gasteiger partial charge >= 0.3 is 0 Å². The van der Waals surface area contributed by atoms with Crippen LogP contribution < -0.4 is 5.32 Å². The van der Waals surface area contributed by atoms with E-state index in [9.17, 15) is 14.4 Å². The fraction of sp³-hybridized carbons (Fsp3) is 0.593. The van der Waals surface area contributed by atoms with E-state index in [1.54, 1.807) is 13.8 Å². The lowest BCUT2D eigenvalue weighted by Gasteiger charge is -2.30. The fourth-order valence-electron chi connectivity index (χ4n) is 5.13. The van der Waals surface area contributed by atoms with Crippen LogP contribution in [-0.4, -0.2) is 64.4 Å². The molecule has 1 saturated heterocycles. The number of nitrogens with one attached hydrogen (secondary N) is 2. The number of amides is 1. The summed E-state index contributed by atoms with van der Waals surface area (Å²) in [6.45, 7) is 7.32. The number of carbonyl (C=O) groups is 3. The van der Waals surface area contributed by atoms with Crippen molar-refractivity contribution in [3.05, 3.63) is 39.3 Å². The van der Waals surface area contributed by atoms with Crippen LogP contribution in [0.15, 0.2) is 23.7 Å². The summed E-state index contributed by atoms with van der Waals surface area (Å²) < 4.78 is 6.11. The summed E-state index contributed by atoms with van der Waals surface area (Å²) in [5, 5.41) is 11.6. The van der Waals surface area contributed by atoms with E-state index >= 15 is 0 Å². The summed E-state index contributed by atoms with van der Waals surface area (Å²) in [7, 11) is 0. The molecule has 2 fully saturated rings. The summed E-state index contributed by atoms with van der Waals surface area (Å²) in [6.07, 6.45) is 8.29. The van der Waals surface area contributed by atoms with Crippen molar-refractivity contribution in [2.75, 3.05) is 13.1 Å². The van der Waals surface area contributed by atoms with Crippen molar-refractivity contribution in [2.24, 2.45) is 5.92 Å². The Labute approximate surface area is 228 Å². The standard InChI is InChI=1S/C27H36Cl2N4O4/c1-16(32-19-7-5-18(6-8-19)17(2)34)21(11-30)26(36)33(14-20-9-10-27(3,4)37-20)15-24(35)25-22(28)12-31-13-23(25)29/h11-13,18-20,30,32H,5-10,14-15H2,1-4H3/b21-16+,30-11?/t18-,19-,20-/m0/s1. The molecule has 0 radical (unpaired) electrons. The topological polar surface area (TPSA) is 112 Å². The SMILES string of the molecule is C/C(N[C@H]1CC[C@H](C(C)=O)CC1)=C(/C=N)C(=O)N(CC(=O)c1c(Cl)cncc1Cl)C[C@@H]1CCC(C)(C)O1. The molecular formula is C27H36Cl2N4O4. The number of aromatic nitrogens is 1. The molecule has 1 aromatic heterocycles. The van der Waals surface area contributed by atoms with Crippen LogP contribution in [0.25, 0.3) is 0 Å². The summed E-state index contributed by atoms with van der Waals surface area (Å²) in [5.74, 6) is -0.552. The van der Waals surface area contributed by atoms with Gasteiger partial charge in [-0.3, -0.25) is 19.4 Å². The van der Waals surface area contributed by atoms with Crippen molar-refractivity contribution < 1.29 is 19.1 Å². The molecule has 1 aliphatic heterocycles. The molecule has 1 aliphatic carbocycles. The molecular weight excluding hydrogens is 515 g/mol. The molecule has 3 rings (SSSR count). The minimum absolute atomic E-state index is 0.0928. The van der Waals surface area contributed by atoms with E-state index < -0.39 is 11.7 Å². The summed E-state index contributed by atoms with van der Waals surface area (Å²) in [4.78, 5) is 44.0. The number of hydrogen-bond donors (Lipinski definition) is 2. The first-order valence-corrected chi connectivity index (χ1v) is 13.4. The minimum atomic E-state index is -0.444. The molecule has 2 aliphatic rings. The molecule has 202 valence electrons. The third-order valence-electron chi connectivity index (χ3n) is 7.23. The van der Waals surface area contributed by atoms with Crippen LogP contribution in [0.2, 0.25) is 10.0 Å². The Kier molecular flexibility index (Phi) is 9.89. The van der Waals surface area contributed by atoms with Gasteiger partial charge < -0.3 is 20.4 Å². The first-order valence-electron chi connectivity index (χ1n) is 12.7. The van der Waals surface area contributed by atoms with Gasteiger partial charge in [-0.2, -0.15) is 0 Å². The van der Waals surface area contributed by atoms with Gasteiger partial charge in [0.15, 0.2) is 5.78 Å². The molecule has 0 aromatic carbocycles. The van der Waals surface area contributed by atoms with Crippen LogP contribution in [-0.2, 0) is 14.3 Å². The van der Waals surface area contributed by atoms with Gasteiger partial charge in [0.2, 0.25) is 0 Å². The lowest BCUT2D eigenvalue weighted by Crippen LogP contribution is -2.43. The highest BCUT2D eigenvalue weighted by molar-refractivity contribution is 6.39. The molecule has 1 saturated carbocycles. The van der Waals surface area contributed by atoms with Crippen molar-refractivity contribution in [3.63, 3.8) is 0 Å². The minimum Gasteiger partial charge on any atom is -0.385 e. The number of halogens is 2. The first kappa shape index (κ1) is 29.3. The number of ether oxygens (including phenoxy) is 1. The second-order valence-electron chi connectivity index (χ2n) is 10.6. The van der Waals surface area contributed by atoms with Gasteiger partial charge in [-0.15, -0.1) is 0 Å². The Bertz CT molecular complexity index is 1060. The fourth-order valence-corrected chi connectivity index (χ4v) is 5.71. The maximum Gasteiger partial charge on any atom is 0.257 e. The molecule has 1 aromatic rings. The van der Waals surface area contributed by atoms with Gasteiger partial charge in [0.05, 0.1) is 39.4 Å². The highest BCUT2D eigenvalue weighted by Crippen LogP contribution is 2.31. The van der Waals surface area contributed by atoms with E-state index in [0.717, 1.165) is 44.7 Å². The van der Waals surface area contributed by atoms with Crippen LogP contribution >= 0.6 is 23.2 Å². The Morgan fingerprint density at radius 1 is 1.14 bits per heavy atom. The second-order valence-corrected chi connectivity index (χ2v) is 11.4. The lowest BCUT2D eigenvalue weighted by molar-refractivity contribution is -0.128. The molecule has 37 heavy (non-hydrogen) atoms. The lowest BCUT2D eigenvalue weighted by atomic mass is 9.84. The molecule has 0 bridgehead atoms. The molecule has 2 N–H and O–H groups in total. The largest absolute Gasteiger partial charge is 0.385 e. The van der Waals surface area contributed by atoms with Gasteiger partial charge in [-0.25, -0.2) is 0 Å². The molecule has 1 atom stereocenters. The Balaban J connectivity index is 1.81. The highest BCUT2D eigenvalue weighted by atomic mass is 35.5. The molecule has 10 heteroatoms. The third-order valence-corrected chi connectivity index (χ3v) is 7.81. The van der Waals surface area contributed by atoms with Crippen LogP contribution in [0.1, 0.15) is 76.6 Å². The van der Waals surface area contributed by atoms with Gasteiger partial charge in [0.25, 0.3) is 5.91 Å². The summed E-state index contributed by atoms with van der Waals surface area (Å²) in [5.41, 5.74) is 0.542. The summed E-state index contributed by atoms with van der Waals surface area (Å²) in [6, 6.07) is 0.113. The van der Waals surface area contributed by atoms with Gasteiger partial charge in [-0.1, -0.05) is 23.2 Å². The Morgan fingerprint density at radius 3 is 2.27 bits per heavy atom. The molecule has 0 spiro atoms. The number of hydrogen-bond acceptors (Lipinski definition) is 7. The average molecular weight is 552 g/mol. The zero-order valence-corrected chi connectivity index (χ0v) is 23.4. The second kappa shape index (κ2) is 12.5. The molecule has 1 amide bonds. The zero-order valence-electron chi connectivity index (χ0n) is 21.9. The number of ketones is 2. The van der Waals surface area contributed by atoms with Crippen molar-refractivity contribution >= 4 is 46.9 Å². The van der Waals surface area contributed by atoms with Gasteiger partial charge in [-0.05, 0) is 66.2 Å². The smallest absolute Gasteiger partial charge is 0.257 e.